The number of benzene rings is 1. The Labute approximate surface area is 109 Å². The number of halogens is 1. The summed E-state index contributed by atoms with van der Waals surface area (Å²) in [4.78, 5) is 11.5. The summed E-state index contributed by atoms with van der Waals surface area (Å²) in [6.07, 6.45) is 3.35. The Hall–Kier alpha value is -1.13. The van der Waals surface area contributed by atoms with Crippen molar-refractivity contribution in [1.29, 1.82) is 0 Å². The van der Waals surface area contributed by atoms with Crippen molar-refractivity contribution in [2.24, 2.45) is 0 Å². The van der Waals surface area contributed by atoms with E-state index in [9.17, 15) is 4.79 Å². The van der Waals surface area contributed by atoms with Crippen LogP contribution in [0.25, 0.3) is 6.08 Å². The lowest BCUT2D eigenvalue weighted by molar-refractivity contribution is -0.120. The summed E-state index contributed by atoms with van der Waals surface area (Å²) in [6, 6.07) is 6.20. The van der Waals surface area contributed by atoms with Gasteiger partial charge in [0.05, 0.1) is 19.3 Å². The SMILES string of the molecule is Cc1ccc(C=CC(=O)NC2COC2)c(Br)c1. The number of ether oxygens (including phenoxy) is 1. The number of carbonyl (C=O) groups is 1. The lowest BCUT2D eigenvalue weighted by Gasteiger charge is -2.26. The molecule has 1 amide bonds. The highest BCUT2D eigenvalue weighted by molar-refractivity contribution is 9.10. The van der Waals surface area contributed by atoms with Gasteiger partial charge in [-0.1, -0.05) is 28.1 Å². The smallest absolute Gasteiger partial charge is 0.244 e. The van der Waals surface area contributed by atoms with Crippen LogP contribution in [-0.4, -0.2) is 25.2 Å². The first kappa shape index (κ1) is 12.3. The number of nitrogens with one attached hydrogen (secondary N) is 1. The molecule has 2 rings (SSSR count). The van der Waals surface area contributed by atoms with Gasteiger partial charge < -0.3 is 10.1 Å². The fourth-order valence-electron chi connectivity index (χ4n) is 1.50. The zero-order chi connectivity index (χ0) is 12.3. The van der Waals surface area contributed by atoms with Crippen LogP contribution in [0.15, 0.2) is 28.7 Å². The molecule has 17 heavy (non-hydrogen) atoms. The van der Waals surface area contributed by atoms with Crippen molar-refractivity contribution in [2.75, 3.05) is 13.2 Å². The lowest BCUT2D eigenvalue weighted by atomic mass is 10.1. The molecule has 1 saturated heterocycles. The predicted octanol–water partition coefficient (Wildman–Crippen LogP) is 2.29. The molecule has 0 saturated carbocycles. The number of hydrogen-bond donors (Lipinski definition) is 1. The van der Waals surface area contributed by atoms with Crippen LogP contribution >= 0.6 is 15.9 Å². The third-order valence-electron chi connectivity index (χ3n) is 2.55. The average molecular weight is 296 g/mol. The van der Waals surface area contributed by atoms with Gasteiger partial charge in [-0.2, -0.15) is 0 Å². The van der Waals surface area contributed by atoms with E-state index in [1.807, 2.05) is 25.1 Å². The standard InChI is InChI=1S/C13H14BrNO2/c1-9-2-3-10(12(14)6-9)4-5-13(16)15-11-7-17-8-11/h2-6,11H,7-8H2,1H3,(H,15,16). The fourth-order valence-corrected chi connectivity index (χ4v) is 2.13. The largest absolute Gasteiger partial charge is 0.377 e. The van der Waals surface area contributed by atoms with Crippen molar-refractivity contribution in [3.05, 3.63) is 39.9 Å². The molecule has 1 aliphatic rings. The van der Waals surface area contributed by atoms with E-state index >= 15 is 0 Å². The second-order valence-corrected chi connectivity index (χ2v) is 4.96. The molecule has 0 atom stereocenters. The van der Waals surface area contributed by atoms with Crippen LogP contribution in [0.4, 0.5) is 0 Å². The van der Waals surface area contributed by atoms with Crippen LogP contribution in [0, 0.1) is 6.92 Å². The number of amides is 1. The van der Waals surface area contributed by atoms with Crippen molar-refractivity contribution in [3.8, 4) is 0 Å². The van der Waals surface area contributed by atoms with Gasteiger partial charge in [-0.05, 0) is 30.2 Å². The highest BCUT2D eigenvalue weighted by atomic mass is 79.9. The molecule has 1 N–H and O–H groups in total. The van der Waals surface area contributed by atoms with Crippen molar-refractivity contribution < 1.29 is 9.53 Å². The number of hydrogen-bond acceptors (Lipinski definition) is 2. The lowest BCUT2D eigenvalue weighted by Crippen LogP contribution is -2.48. The molecular formula is C13H14BrNO2. The molecule has 1 aromatic carbocycles. The van der Waals surface area contributed by atoms with E-state index in [-0.39, 0.29) is 11.9 Å². The quantitative estimate of drug-likeness (QED) is 0.869. The van der Waals surface area contributed by atoms with E-state index in [0.29, 0.717) is 13.2 Å². The summed E-state index contributed by atoms with van der Waals surface area (Å²) >= 11 is 3.47. The van der Waals surface area contributed by atoms with Crippen molar-refractivity contribution in [1.82, 2.24) is 5.32 Å². The molecule has 1 fully saturated rings. The monoisotopic (exact) mass is 295 g/mol. The minimum absolute atomic E-state index is 0.0780. The highest BCUT2D eigenvalue weighted by Gasteiger charge is 2.18. The van der Waals surface area contributed by atoms with Crippen LogP contribution in [-0.2, 0) is 9.53 Å². The highest BCUT2D eigenvalue weighted by Crippen LogP contribution is 2.19. The third-order valence-corrected chi connectivity index (χ3v) is 3.24. The molecule has 0 aromatic heterocycles. The van der Waals surface area contributed by atoms with Crippen molar-refractivity contribution in [3.63, 3.8) is 0 Å². The summed E-state index contributed by atoms with van der Waals surface area (Å²) in [7, 11) is 0. The first-order valence-corrected chi connectivity index (χ1v) is 6.27. The van der Waals surface area contributed by atoms with Crippen molar-refractivity contribution in [2.45, 2.75) is 13.0 Å². The van der Waals surface area contributed by atoms with E-state index in [2.05, 4.69) is 21.2 Å². The van der Waals surface area contributed by atoms with Gasteiger partial charge in [0.25, 0.3) is 0 Å². The van der Waals surface area contributed by atoms with E-state index in [1.165, 1.54) is 5.56 Å². The Kier molecular flexibility index (Phi) is 3.97. The van der Waals surface area contributed by atoms with Crippen LogP contribution in [0.3, 0.4) is 0 Å². The van der Waals surface area contributed by atoms with Crippen LogP contribution in [0.5, 0.6) is 0 Å². The maximum atomic E-state index is 11.5. The Morgan fingerprint density at radius 2 is 2.29 bits per heavy atom. The van der Waals surface area contributed by atoms with Crippen LogP contribution < -0.4 is 5.32 Å². The molecule has 1 aromatic rings. The maximum absolute atomic E-state index is 11.5. The summed E-state index contributed by atoms with van der Waals surface area (Å²) in [6.45, 7) is 3.27. The molecule has 4 heteroatoms. The first-order chi connectivity index (χ1) is 8.15. The normalized spacial score (nSPS) is 15.9. The maximum Gasteiger partial charge on any atom is 0.244 e. The van der Waals surface area contributed by atoms with Gasteiger partial charge in [-0.15, -0.1) is 0 Å². The Morgan fingerprint density at radius 1 is 1.53 bits per heavy atom. The molecule has 1 aliphatic heterocycles. The van der Waals surface area contributed by atoms with Crippen molar-refractivity contribution >= 4 is 27.9 Å². The van der Waals surface area contributed by atoms with Gasteiger partial charge in [0.15, 0.2) is 0 Å². The molecule has 90 valence electrons. The van der Waals surface area contributed by atoms with Gasteiger partial charge in [0.2, 0.25) is 5.91 Å². The van der Waals surface area contributed by atoms with E-state index in [4.69, 9.17) is 4.74 Å². The summed E-state index contributed by atoms with van der Waals surface area (Å²) in [5.41, 5.74) is 2.18. The van der Waals surface area contributed by atoms with Gasteiger partial charge in [-0.25, -0.2) is 0 Å². The molecule has 0 spiro atoms. The second-order valence-electron chi connectivity index (χ2n) is 4.10. The molecular weight excluding hydrogens is 282 g/mol. The van der Waals surface area contributed by atoms with Gasteiger partial charge >= 0.3 is 0 Å². The minimum Gasteiger partial charge on any atom is -0.377 e. The zero-order valence-electron chi connectivity index (χ0n) is 9.57. The van der Waals surface area contributed by atoms with Gasteiger partial charge in [-0.3, -0.25) is 4.79 Å². The molecule has 0 bridgehead atoms. The third kappa shape index (κ3) is 3.41. The molecule has 1 heterocycles. The topological polar surface area (TPSA) is 38.3 Å². The van der Waals surface area contributed by atoms with E-state index in [0.717, 1.165) is 10.0 Å². The Morgan fingerprint density at radius 3 is 2.88 bits per heavy atom. The summed E-state index contributed by atoms with van der Waals surface area (Å²) < 4.78 is 5.98. The average Bonchev–Trinajstić information content (AvgIpc) is 2.22. The molecule has 0 unspecified atom stereocenters. The summed E-state index contributed by atoms with van der Waals surface area (Å²) in [5, 5.41) is 2.85. The van der Waals surface area contributed by atoms with E-state index in [1.54, 1.807) is 12.2 Å². The Balaban J connectivity index is 1.96. The predicted molar refractivity (Wildman–Crippen MR) is 70.7 cm³/mol. The van der Waals surface area contributed by atoms with Gasteiger partial charge in [0, 0.05) is 10.5 Å². The number of rotatable bonds is 3. The fraction of sp³-hybridized carbons (Fsp3) is 0.308. The minimum atomic E-state index is -0.0780. The molecule has 0 radical (unpaired) electrons. The zero-order valence-corrected chi connectivity index (χ0v) is 11.2. The Bertz CT molecular complexity index is 453. The first-order valence-electron chi connectivity index (χ1n) is 5.47. The molecule has 3 nitrogen and oxygen atoms in total. The van der Waals surface area contributed by atoms with Crippen LogP contribution in [0.2, 0.25) is 0 Å². The van der Waals surface area contributed by atoms with E-state index < -0.39 is 0 Å². The second kappa shape index (κ2) is 5.47. The number of aryl methyl sites for hydroxylation is 1. The number of carbonyl (C=O) groups excluding carboxylic acids is 1. The summed E-state index contributed by atoms with van der Waals surface area (Å²) in [5.74, 6) is -0.0780. The molecule has 0 aliphatic carbocycles. The van der Waals surface area contributed by atoms with Crippen LogP contribution in [0.1, 0.15) is 11.1 Å². The van der Waals surface area contributed by atoms with Gasteiger partial charge in [0.1, 0.15) is 0 Å².